The van der Waals surface area contributed by atoms with Crippen molar-refractivity contribution in [2.45, 2.75) is 38.3 Å². The molecule has 0 aliphatic carbocycles. The maximum absolute atomic E-state index is 11.7. The lowest BCUT2D eigenvalue weighted by Gasteiger charge is -2.39. The topological polar surface area (TPSA) is 63.4 Å². The smallest absolute Gasteiger partial charge is 0.152 e. The molecule has 2 heterocycles. The van der Waals surface area contributed by atoms with Crippen LogP contribution in [0, 0.1) is 5.92 Å². The molecule has 2 rings (SSSR count). The van der Waals surface area contributed by atoms with Gasteiger partial charge >= 0.3 is 0 Å². The lowest BCUT2D eigenvalue weighted by molar-refractivity contribution is 0.107. The molecule has 0 radical (unpaired) electrons. The summed E-state index contributed by atoms with van der Waals surface area (Å²) in [6.45, 7) is 5.87. The Hall–Kier alpha value is -0.130. The van der Waals surface area contributed by atoms with Gasteiger partial charge in [-0.3, -0.25) is 4.90 Å². The fourth-order valence-electron chi connectivity index (χ4n) is 3.36. The third-order valence-electron chi connectivity index (χ3n) is 4.14. The van der Waals surface area contributed by atoms with E-state index >= 15 is 0 Å². The van der Waals surface area contributed by atoms with Gasteiger partial charge in [-0.2, -0.15) is 0 Å². The SMILES string of the molecule is CC1CC(C)N(C2(CN)CCS(=O)(=O)C2)C1. The largest absolute Gasteiger partial charge is 0.329 e. The van der Waals surface area contributed by atoms with Crippen LogP contribution in [0.2, 0.25) is 0 Å². The molecule has 3 atom stereocenters. The maximum atomic E-state index is 11.7. The number of hydrogen-bond acceptors (Lipinski definition) is 4. The molecule has 2 aliphatic rings. The molecule has 5 heteroatoms. The fourth-order valence-corrected chi connectivity index (χ4v) is 5.45. The van der Waals surface area contributed by atoms with Crippen molar-refractivity contribution in [3.05, 3.63) is 0 Å². The van der Waals surface area contributed by atoms with E-state index in [-0.39, 0.29) is 11.3 Å². The van der Waals surface area contributed by atoms with Crippen LogP contribution in [0.5, 0.6) is 0 Å². The summed E-state index contributed by atoms with van der Waals surface area (Å²) >= 11 is 0. The Labute approximate surface area is 98.1 Å². The second-order valence-electron chi connectivity index (χ2n) is 5.61. The van der Waals surface area contributed by atoms with Gasteiger partial charge in [0.15, 0.2) is 9.84 Å². The van der Waals surface area contributed by atoms with Gasteiger partial charge in [0.1, 0.15) is 0 Å². The van der Waals surface area contributed by atoms with E-state index in [9.17, 15) is 8.42 Å². The molecule has 16 heavy (non-hydrogen) atoms. The van der Waals surface area contributed by atoms with E-state index in [2.05, 4.69) is 18.7 Å². The van der Waals surface area contributed by atoms with Gasteiger partial charge < -0.3 is 5.73 Å². The van der Waals surface area contributed by atoms with Gasteiger partial charge in [0.25, 0.3) is 0 Å². The van der Waals surface area contributed by atoms with E-state index in [0.717, 1.165) is 13.0 Å². The maximum Gasteiger partial charge on any atom is 0.152 e. The summed E-state index contributed by atoms with van der Waals surface area (Å²) in [6.07, 6.45) is 1.87. The summed E-state index contributed by atoms with van der Waals surface area (Å²) in [6, 6.07) is 0.465. The van der Waals surface area contributed by atoms with Gasteiger partial charge in [0.05, 0.1) is 11.5 Å². The predicted molar refractivity (Wildman–Crippen MR) is 65.0 cm³/mol. The van der Waals surface area contributed by atoms with Crippen LogP contribution in [0.3, 0.4) is 0 Å². The Bertz CT molecular complexity index is 368. The first-order chi connectivity index (χ1) is 7.38. The Morgan fingerprint density at radius 1 is 1.44 bits per heavy atom. The van der Waals surface area contributed by atoms with E-state index in [4.69, 9.17) is 5.73 Å². The van der Waals surface area contributed by atoms with Crippen LogP contribution in [-0.2, 0) is 9.84 Å². The predicted octanol–water partition coefficient (Wildman–Crippen LogP) is 0.233. The van der Waals surface area contributed by atoms with Crippen molar-refractivity contribution in [1.29, 1.82) is 0 Å². The van der Waals surface area contributed by atoms with Crippen LogP contribution < -0.4 is 5.73 Å². The minimum Gasteiger partial charge on any atom is -0.329 e. The Kier molecular flexibility index (Phi) is 3.05. The number of nitrogens with zero attached hydrogens (tertiary/aromatic N) is 1. The summed E-state index contributed by atoms with van der Waals surface area (Å²) in [5.41, 5.74) is 5.60. The highest BCUT2D eigenvalue weighted by atomic mass is 32.2. The average molecular weight is 246 g/mol. The second-order valence-corrected chi connectivity index (χ2v) is 7.80. The Balaban J connectivity index is 2.23. The first kappa shape index (κ1) is 12.3. The highest BCUT2D eigenvalue weighted by Gasteiger charge is 2.49. The third-order valence-corrected chi connectivity index (χ3v) is 5.94. The van der Waals surface area contributed by atoms with Crippen molar-refractivity contribution in [2.24, 2.45) is 11.7 Å². The molecule has 0 spiro atoms. The zero-order valence-corrected chi connectivity index (χ0v) is 11.0. The first-order valence-corrected chi connectivity index (χ1v) is 7.88. The summed E-state index contributed by atoms with van der Waals surface area (Å²) in [5, 5.41) is 0. The van der Waals surface area contributed by atoms with Gasteiger partial charge in [-0.05, 0) is 25.7 Å². The highest BCUT2D eigenvalue weighted by molar-refractivity contribution is 7.91. The molecule has 0 aromatic heterocycles. The van der Waals surface area contributed by atoms with Crippen molar-refractivity contribution >= 4 is 9.84 Å². The molecule has 2 aliphatic heterocycles. The molecule has 0 aromatic carbocycles. The monoisotopic (exact) mass is 246 g/mol. The van der Waals surface area contributed by atoms with Gasteiger partial charge in [0, 0.05) is 24.7 Å². The molecule has 2 saturated heterocycles. The van der Waals surface area contributed by atoms with Crippen LogP contribution in [0.15, 0.2) is 0 Å². The average Bonchev–Trinajstić information content (AvgIpc) is 2.68. The summed E-state index contributed by atoms with van der Waals surface area (Å²) < 4.78 is 23.3. The van der Waals surface area contributed by atoms with Crippen molar-refractivity contribution in [3.8, 4) is 0 Å². The van der Waals surface area contributed by atoms with E-state index < -0.39 is 9.84 Å². The number of sulfone groups is 1. The molecule has 3 unspecified atom stereocenters. The minimum atomic E-state index is -2.87. The zero-order chi connectivity index (χ0) is 12.0. The molecule has 2 N–H and O–H groups in total. The summed E-state index contributed by atoms with van der Waals surface area (Å²) in [5.74, 6) is 1.22. The summed E-state index contributed by atoms with van der Waals surface area (Å²) in [4.78, 5) is 2.35. The third kappa shape index (κ3) is 2.00. The number of nitrogens with two attached hydrogens (primary N) is 1. The van der Waals surface area contributed by atoms with Crippen molar-refractivity contribution in [2.75, 3.05) is 24.6 Å². The van der Waals surface area contributed by atoms with Crippen molar-refractivity contribution in [1.82, 2.24) is 4.90 Å². The number of hydrogen-bond donors (Lipinski definition) is 1. The van der Waals surface area contributed by atoms with Gasteiger partial charge in [0.2, 0.25) is 0 Å². The molecule has 0 saturated carbocycles. The molecule has 0 amide bonds. The molecule has 0 aromatic rings. The molecule has 4 nitrogen and oxygen atoms in total. The molecular weight excluding hydrogens is 224 g/mol. The number of likely N-dealkylation sites (tertiary alicyclic amines) is 1. The van der Waals surface area contributed by atoms with Crippen molar-refractivity contribution in [3.63, 3.8) is 0 Å². The van der Waals surface area contributed by atoms with Gasteiger partial charge in [-0.25, -0.2) is 8.42 Å². The summed E-state index contributed by atoms with van der Waals surface area (Å²) in [7, 11) is -2.87. The highest BCUT2D eigenvalue weighted by Crippen LogP contribution is 2.36. The standard InChI is InChI=1S/C11H22N2O2S/c1-9-5-10(2)13(6-9)11(7-12)3-4-16(14,15)8-11/h9-10H,3-8,12H2,1-2H3. The van der Waals surface area contributed by atoms with Crippen LogP contribution in [0.4, 0.5) is 0 Å². The Morgan fingerprint density at radius 3 is 2.50 bits per heavy atom. The lowest BCUT2D eigenvalue weighted by atomic mass is 9.96. The molecular formula is C11H22N2O2S. The van der Waals surface area contributed by atoms with E-state index in [1.54, 1.807) is 0 Å². The van der Waals surface area contributed by atoms with Crippen LogP contribution in [0.25, 0.3) is 0 Å². The second kappa shape index (κ2) is 3.96. The van der Waals surface area contributed by atoms with Crippen LogP contribution >= 0.6 is 0 Å². The normalized spacial score (nSPS) is 43.9. The van der Waals surface area contributed by atoms with E-state index in [1.165, 1.54) is 0 Å². The van der Waals surface area contributed by atoms with Gasteiger partial charge in [-0.1, -0.05) is 6.92 Å². The fraction of sp³-hybridized carbons (Fsp3) is 1.00. The van der Waals surface area contributed by atoms with Crippen LogP contribution in [-0.4, -0.2) is 49.5 Å². The zero-order valence-electron chi connectivity index (χ0n) is 10.1. The first-order valence-electron chi connectivity index (χ1n) is 6.06. The van der Waals surface area contributed by atoms with E-state index in [0.29, 0.717) is 30.7 Å². The Morgan fingerprint density at radius 2 is 2.12 bits per heavy atom. The molecule has 94 valence electrons. The molecule has 0 bridgehead atoms. The van der Waals surface area contributed by atoms with Crippen molar-refractivity contribution < 1.29 is 8.42 Å². The lowest BCUT2D eigenvalue weighted by Crippen LogP contribution is -2.56. The van der Waals surface area contributed by atoms with Crippen LogP contribution in [0.1, 0.15) is 26.7 Å². The molecule has 2 fully saturated rings. The van der Waals surface area contributed by atoms with E-state index in [1.807, 2.05) is 0 Å². The van der Waals surface area contributed by atoms with Gasteiger partial charge in [-0.15, -0.1) is 0 Å². The number of rotatable bonds is 2. The quantitative estimate of drug-likeness (QED) is 0.758. The minimum absolute atomic E-state index is 0.257.